The van der Waals surface area contributed by atoms with Gasteiger partial charge in [0.2, 0.25) is 11.8 Å². The zero-order valence-corrected chi connectivity index (χ0v) is 15.6. The maximum Gasteiger partial charge on any atom is 0.234 e. The maximum absolute atomic E-state index is 13.6. The van der Waals surface area contributed by atoms with Crippen LogP contribution in [-0.4, -0.2) is 65.4 Å². The lowest BCUT2D eigenvalue weighted by Gasteiger charge is -2.34. The molecule has 7 heteroatoms. The van der Waals surface area contributed by atoms with Gasteiger partial charge in [-0.1, -0.05) is 0 Å². The summed E-state index contributed by atoms with van der Waals surface area (Å²) in [5.74, 6) is -0.174. The van der Waals surface area contributed by atoms with E-state index < -0.39 is 0 Å². The molecule has 0 unspecified atom stereocenters. The minimum atomic E-state index is -0.298. The number of nitrogens with one attached hydrogen (secondary N) is 2. The number of piperazine rings is 1. The second kappa shape index (κ2) is 7.31. The number of fused-ring (bicyclic) bond motifs is 1. The van der Waals surface area contributed by atoms with Gasteiger partial charge in [-0.15, -0.1) is 0 Å². The largest absolute Gasteiger partial charge is 0.358 e. The average molecular weight is 372 g/mol. The molecule has 1 aromatic carbocycles. The van der Waals surface area contributed by atoms with Crippen LogP contribution >= 0.6 is 0 Å². The molecule has 1 saturated carbocycles. The number of carbonyl (C=O) groups excluding carboxylic acids is 2. The van der Waals surface area contributed by atoms with Crippen molar-refractivity contribution in [3.8, 4) is 0 Å². The van der Waals surface area contributed by atoms with Crippen molar-refractivity contribution in [1.82, 2.24) is 20.1 Å². The standard InChI is InChI=1S/C20H25FN4O2/c1-13-16(17-10-14(21)2-5-18(17)22-13)11-20(27)25-8-6-24(7-9-25)12-19(26)23-15-3-4-15/h2,5,10,15,22H,3-4,6-9,11-12H2,1H3,(H,23,26). The van der Waals surface area contributed by atoms with Crippen LogP contribution in [0.1, 0.15) is 24.1 Å². The fourth-order valence-corrected chi connectivity index (χ4v) is 3.70. The molecular formula is C20H25FN4O2. The Hall–Kier alpha value is -2.41. The van der Waals surface area contributed by atoms with Crippen molar-refractivity contribution in [2.75, 3.05) is 32.7 Å². The van der Waals surface area contributed by atoms with Crippen LogP contribution in [0.3, 0.4) is 0 Å². The van der Waals surface area contributed by atoms with Crippen molar-refractivity contribution in [2.24, 2.45) is 0 Å². The lowest BCUT2D eigenvalue weighted by molar-refractivity contribution is -0.132. The first-order chi connectivity index (χ1) is 13.0. The lowest BCUT2D eigenvalue weighted by atomic mass is 10.1. The summed E-state index contributed by atoms with van der Waals surface area (Å²) >= 11 is 0. The molecule has 0 atom stereocenters. The molecule has 1 saturated heterocycles. The zero-order valence-electron chi connectivity index (χ0n) is 15.6. The number of H-pyrrole nitrogens is 1. The third kappa shape index (κ3) is 4.13. The summed E-state index contributed by atoms with van der Waals surface area (Å²) in [6, 6.07) is 4.99. The summed E-state index contributed by atoms with van der Waals surface area (Å²) in [4.78, 5) is 31.8. The number of aromatic nitrogens is 1. The number of halogens is 1. The van der Waals surface area contributed by atoms with Gasteiger partial charge in [0.25, 0.3) is 0 Å². The fourth-order valence-electron chi connectivity index (χ4n) is 3.70. The van der Waals surface area contributed by atoms with Crippen LogP contribution < -0.4 is 5.32 Å². The fraction of sp³-hybridized carbons (Fsp3) is 0.500. The van der Waals surface area contributed by atoms with E-state index in [1.165, 1.54) is 12.1 Å². The van der Waals surface area contributed by atoms with Crippen molar-refractivity contribution in [3.05, 3.63) is 35.3 Å². The first kappa shape index (κ1) is 18.0. The summed E-state index contributed by atoms with van der Waals surface area (Å²) in [6.07, 6.45) is 2.44. The molecule has 2 fully saturated rings. The molecule has 0 radical (unpaired) electrons. The van der Waals surface area contributed by atoms with Gasteiger partial charge in [0, 0.05) is 48.8 Å². The van der Waals surface area contributed by atoms with Crippen molar-refractivity contribution in [3.63, 3.8) is 0 Å². The van der Waals surface area contributed by atoms with Crippen LogP contribution in [0.25, 0.3) is 10.9 Å². The van der Waals surface area contributed by atoms with Gasteiger partial charge in [-0.05, 0) is 43.5 Å². The summed E-state index contributed by atoms with van der Waals surface area (Å²) in [5, 5.41) is 3.77. The second-order valence-electron chi connectivity index (χ2n) is 7.59. The predicted molar refractivity (Wildman–Crippen MR) is 101 cm³/mol. The molecule has 1 aliphatic heterocycles. The molecule has 1 aliphatic carbocycles. The van der Waals surface area contributed by atoms with Gasteiger partial charge in [0.1, 0.15) is 5.82 Å². The summed E-state index contributed by atoms with van der Waals surface area (Å²) in [5.41, 5.74) is 2.61. The van der Waals surface area contributed by atoms with Gasteiger partial charge in [-0.25, -0.2) is 4.39 Å². The van der Waals surface area contributed by atoms with Crippen LogP contribution in [0.5, 0.6) is 0 Å². The predicted octanol–water partition coefficient (Wildman–Crippen LogP) is 1.58. The third-order valence-corrected chi connectivity index (χ3v) is 5.44. The van der Waals surface area contributed by atoms with E-state index in [2.05, 4.69) is 15.2 Å². The topological polar surface area (TPSA) is 68.4 Å². The van der Waals surface area contributed by atoms with Crippen LogP contribution in [0, 0.1) is 12.7 Å². The molecule has 2 amide bonds. The third-order valence-electron chi connectivity index (χ3n) is 5.44. The van der Waals surface area contributed by atoms with Gasteiger partial charge in [0.05, 0.1) is 13.0 Å². The summed E-state index contributed by atoms with van der Waals surface area (Å²) in [7, 11) is 0. The molecule has 0 bridgehead atoms. The van der Waals surface area contributed by atoms with Crippen LogP contribution in [0.2, 0.25) is 0 Å². The monoisotopic (exact) mass is 372 g/mol. The van der Waals surface area contributed by atoms with Crippen LogP contribution in [0.15, 0.2) is 18.2 Å². The quantitative estimate of drug-likeness (QED) is 0.837. The molecule has 6 nitrogen and oxygen atoms in total. The minimum Gasteiger partial charge on any atom is -0.358 e. The Labute approximate surface area is 157 Å². The molecule has 2 aromatic rings. The van der Waals surface area contributed by atoms with E-state index in [1.807, 2.05) is 11.8 Å². The van der Waals surface area contributed by atoms with E-state index >= 15 is 0 Å². The lowest BCUT2D eigenvalue weighted by Crippen LogP contribution is -2.51. The summed E-state index contributed by atoms with van der Waals surface area (Å²) < 4.78 is 13.6. The van der Waals surface area contributed by atoms with Gasteiger partial charge in [-0.2, -0.15) is 0 Å². The number of hydrogen-bond acceptors (Lipinski definition) is 3. The van der Waals surface area contributed by atoms with Crippen molar-refractivity contribution in [2.45, 2.75) is 32.2 Å². The Morgan fingerprint density at radius 2 is 1.96 bits per heavy atom. The first-order valence-corrected chi connectivity index (χ1v) is 9.56. The Bertz CT molecular complexity index is 866. The average Bonchev–Trinajstić information content (AvgIpc) is 3.40. The SMILES string of the molecule is Cc1[nH]c2ccc(F)cc2c1CC(=O)N1CCN(CC(=O)NC2CC2)CC1. The molecule has 2 aliphatic rings. The van der Waals surface area contributed by atoms with E-state index in [9.17, 15) is 14.0 Å². The number of hydrogen-bond donors (Lipinski definition) is 2. The summed E-state index contributed by atoms with van der Waals surface area (Å²) in [6.45, 7) is 4.95. The van der Waals surface area contributed by atoms with Crippen molar-refractivity contribution < 1.29 is 14.0 Å². The number of aromatic amines is 1. The van der Waals surface area contributed by atoms with Crippen LogP contribution in [-0.2, 0) is 16.0 Å². The molecule has 1 aromatic heterocycles. The first-order valence-electron chi connectivity index (χ1n) is 9.56. The molecule has 2 N–H and O–H groups in total. The van der Waals surface area contributed by atoms with E-state index in [4.69, 9.17) is 0 Å². The highest BCUT2D eigenvalue weighted by Crippen LogP contribution is 2.24. The van der Waals surface area contributed by atoms with Gasteiger partial charge in [-0.3, -0.25) is 14.5 Å². The molecule has 4 rings (SSSR count). The second-order valence-corrected chi connectivity index (χ2v) is 7.59. The van der Waals surface area contributed by atoms with E-state index in [-0.39, 0.29) is 24.1 Å². The highest BCUT2D eigenvalue weighted by Gasteiger charge is 2.26. The number of nitrogens with zero attached hydrogens (tertiary/aromatic N) is 2. The maximum atomic E-state index is 13.6. The minimum absolute atomic E-state index is 0.0466. The Kier molecular flexibility index (Phi) is 4.86. The number of aryl methyl sites for hydroxylation is 1. The number of carbonyl (C=O) groups is 2. The van der Waals surface area contributed by atoms with Gasteiger partial charge < -0.3 is 15.2 Å². The Balaban J connectivity index is 1.34. The number of amides is 2. The van der Waals surface area contributed by atoms with E-state index in [0.717, 1.165) is 35.0 Å². The highest BCUT2D eigenvalue weighted by molar-refractivity contribution is 5.90. The Morgan fingerprint density at radius 3 is 2.67 bits per heavy atom. The van der Waals surface area contributed by atoms with Crippen LogP contribution in [0.4, 0.5) is 4.39 Å². The number of rotatable bonds is 5. The molecule has 144 valence electrons. The normalized spacial score (nSPS) is 18.1. The smallest absolute Gasteiger partial charge is 0.234 e. The van der Waals surface area contributed by atoms with E-state index in [0.29, 0.717) is 38.8 Å². The van der Waals surface area contributed by atoms with E-state index in [1.54, 1.807) is 6.07 Å². The molecule has 27 heavy (non-hydrogen) atoms. The van der Waals surface area contributed by atoms with Gasteiger partial charge in [0.15, 0.2) is 0 Å². The van der Waals surface area contributed by atoms with Crippen molar-refractivity contribution >= 4 is 22.7 Å². The molecule has 0 spiro atoms. The number of benzene rings is 1. The molecular weight excluding hydrogens is 347 g/mol. The van der Waals surface area contributed by atoms with Gasteiger partial charge >= 0.3 is 0 Å². The zero-order chi connectivity index (χ0) is 19.0. The highest BCUT2D eigenvalue weighted by atomic mass is 19.1. The van der Waals surface area contributed by atoms with Crippen molar-refractivity contribution in [1.29, 1.82) is 0 Å². The Morgan fingerprint density at radius 1 is 1.22 bits per heavy atom. The molecule has 2 heterocycles.